The summed E-state index contributed by atoms with van der Waals surface area (Å²) in [7, 11) is 0. The van der Waals surface area contributed by atoms with E-state index in [4.69, 9.17) is 0 Å². The van der Waals surface area contributed by atoms with Crippen LogP contribution < -0.4 is 10.4 Å². The van der Waals surface area contributed by atoms with Crippen LogP contribution in [0.25, 0.3) is 0 Å². The van der Waals surface area contributed by atoms with E-state index in [0.29, 0.717) is 5.57 Å². The van der Waals surface area contributed by atoms with Crippen LogP contribution in [-0.2, 0) is 4.79 Å². The summed E-state index contributed by atoms with van der Waals surface area (Å²) in [5.41, 5.74) is 5.19. The maximum Gasteiger partial charge on any atom is 0.267 e. The highest BCUT2D eigenvalue weighted by Crippen LogP contribution is 2.32. The Bertz CT molecular complexity index is 463. The summed E-state index contributed by atoms with van der Waals surface area (Å²) in [5.74, 6) is -0.105. The number of rotatable bonds is 1. The molecule has 0 bridgehead atoms. The Morgan fingerprint density at radius 3 is 2.56 bits per heavy atom. The summed E-state index contributed by atoms with van der Waals surface area (Å²) in [6, 6.07) is 8.03. The molecule has 1 aromatic rings. The first-order valence-corrected chi connectivity index (χ1v) is 5.30. The molecular formula is C13H16N2O. The minimum absolute atomic E-state index is 0.105. The highest BCUT2D eigenvalue weighted by atomic mass is 16.2. The molecule has 1 saturated heterocycles. The van der Waals surface area contributed by atoms with Crippen molar-refractivity contribution in [3.05, 3.63) is 42.0 Å². The van der Waals surface area contributed by atoms with Crippen molar-refractivity contribution in [3.63, 3.8) is 0 Å². The zero-order chi connectivity index (χ0) is 11.9. The van der Waals surface area contributed by atoms with Gasteiger partial charge in [-0.1, -0.05) is 18.7 Å². The van der Waals surface area contributed by atoms with Gasteiger partial charge in [-0.25, -0.2) is 0 Å². The lowest BCUT2D eigenvalue weighted by Gasteiger charge is -2.32. The molecule has 1 N–H and O–H groups in total. The van der Waals surface area contributed by atoms with Crippen LogP contribution in [0.1, 0.15) is 19.4 Å². The summed E-state index contributed by atoms with van der Waals surface area (Å²) in [4.78, 5) is 11.6. The number of carbonyl (C=O) groups is 1. The molecule has 16 heavy (non-hydrogen) atoms. The van der Waals surface area contributed by atoms with Crippen LogP contribution in [0.2, 0.25) is 0 Å². The van der Waals surface area contributed by atoms with Crippen molar-refractivity contribution in [2.24, 2.45) is 0 Å². The number of anilines is 1. The number of nitrogens with one attached hydrogen (secondary N) is 1. The van der Waals surface area contributed by atoms with Crippen LogP contribution in [0.3, 0.4) is 0 Å². The molecular weight excluding hydrogens is 200 g/mol. The van der Waals surface area contributed by atoms with Crippen molar-refractivity contribution < 1.29 is 4.79 Å². The number of hydrogen-bond donors (Lipinski definition) is 1. The van der Waals surface area contributed by atoms with E-state index < -0.39 is 0 Å². The van der Waals surface area contributed by atoms with E-state index in [1.807, 2.05) is 50.0 Å². The first-order valence-electron chi connectivity index (χ1n) is 5.30. The van der Waals surface area contributed by atoms with E-state index in [1.165, 1.54) is 5.56 Å². The zero-order valence-electron chi connectivity index (χ0n) is 9.87. The Morgan fingerprint density at radius 1 is 1.38 bits per heavy atom. The van der Waals surface area contributed by atoms with Gasteiger partial charge in [0.15, 0.2) is 0 Å². The molecule has 0 unspecified atom stereocenters. The molecule has 0 aliphatic carbocycles. The van der Waals surface area contributed by atoms with Crippen LogP contribution >= 0.6 is 0 Å². The van der Waals surface area contributed by atoms with Gasteiger partial charge in [0.1, 0.15) is 0 Å². The molecule has 0 spiro atoms. The minimum Gasteiger partial charge on any atom is -0.275 e. The Morgan fingerprint density at radius 2 is 2.06 bits per heavy atom. The third-order valence-corrected chi connectivity index (χ3v) is 3.04. The van der Waals surface area contributed by atoms with Gasteiger partial charge in [-0.15, -0.1) is 0 Å². The smallest absolute Gasteiger partial charge is 0.267 e. The van der Waals surface area contributed by atoms with Crippen molar-refractivity contribution in [1.82, 2.24) is 5.43 Å². The second-order valence-corrected chi connectivity index (χ2v) is 4.65. The number of hydrazine groups is 1. The van der Waals surface area contributed by atoms with E-state index in [1.54, 1.807) is 0 Å². The fraction of sp³-hybridized carbons (Fsp3) is 0.308. The molecule has 3 nitrogen and oxygen atoms in total. The number of amides is 1. The number of aryl methyl sites for hydroxylation is 1. The first-order chi connectivity index (χ1) is 7.43. The number of benzene rings is 1. The van der Waals surface area contributed by atoms with Gasteiger partial charge in [0, 0.05) is 5.57 Å². The Labute approximate surface area is 95.7 Å². The van der Waals surface area contributed by atoms with Gasteiger partial charge < -0.3 is 0 Å². The average Bonchev–Trinajstić information content (AvgIpc) is 2.42. The fourth-order valence-corrected chi connectivity index (χ4v) is 1.88. The SMILES string of the molecule is C=C1C(=O)NN(c2cccc(C)c2)C1(C)C. The van der Waals surface area contributed by atoms with Gasteiger partial charge in [-0.3, -0.25) is 15.2 Å². The quantitative estimate of drug-likeness (QED) is 0.730. The summed E-state index contributed by atoms with van der Waals surface area (Å²) >= 11 is 0. The topological polar surface area (TPSA) is 32.3 Å². The van der Waals surface area contributed by atoms with Gasteiger partial charge in [0.2, 0.25) is 0 Å². The molecule has 1 aliphatic heterocycles. The Kier molecular flexibility index (Phi) is 2.26. The fourth-order valence-electron chi connectivity index (χ4n) is 1.88. The second-order valence-electron chi connectivity index (χ2n) is 4.65. The van der Waals surface area contributed by atoms with Gasteiger partial charge in [-0.05, 0) is 38.5 Å². The van der Waals surface area contributed by atoms with Gasteiger partial charge in [-0.2, -0.15) is 0 Å². The summed E-state index contributed by atoms with van der Waals surface area (Å²) in [5, 5.41) is 1.87. The summed E-state index contributed by atoms with van der Waals surface area (Å²) < 4.78 is 0. The molecule has 0 radical (unpaired) electrons. The zero-order valence-corrected chi connectivity index (χ0v) is 9.87. The van der Waals surface area contributed by atoms with E-state index in [0.717, 1.165) is 5.69 Å². The lowest BCUT2D eigenvalue weighted by atomic mass is 9.96. The van der Waals surface area contributed by atoms with Crippen molar-refractivity contribution in [1.29, 1.82) is 0 Å². The predicted octanol–water partition coefficient (Wildman–Crippen LogP) is 2.18. The standard InChI is InChI=1S/C13H16N2O/c1-9-6-5-7-11(8-9)15-13(3,4)10(2)12(16)14-15/h5-8H,2H2,1,3-4H3,(H,14,16). The Balaban J connectivity index is 2.43. The number of carbonyl (C=O) groups excluding carboxylic acids is 1. The third-order valence-electron chi connectivity index (χ3n) is 3.04. The normalized spacial score (nSPS) is 18.8. The lowest BCUT2D eigenvalue weighted by Crippen LogP contribution is -2.44. The van der Waals surface area contributed by atoms with Crippen LogP contribution in [0, 0.1) is 6.92 Å². The molecule has 3 heteroatoms. The van der Waals surface area contributed by atoms with Crippen LogP contribution in [0.15, 0.2) is 36.4 Å². The van der Waals surface area contributed by atoms with Crippen LogP contribution in [0.5, 0.6) is 0 Å². The maximum absolute atomic E-state index is 11.6. The van der Waals surface area contributed by atoms with E-state index in [9.17, 15) is 4.79 Å². The van der Waals surface area contributed by atoms with Crippen molar-refractivity contribution in [2.75, 3.05) is 5.01 Å². The number of hydrogen-bond acceptors (Lipinski definition) is 2. The highest BCUT2D eigenvalue weighted by molar-refractivity contribution is 6.00. The predicted molar refractivity (Wildman–Crippen MR) is 65.0 cm³/mol. The van der Waals surface area contributed by atoms with Crippen LogP contribution in [-0.4, -0.2) is 11.4 Å². The molecule has 0 aromatic heterocycles. The molecule has 1 aromatic carbocycles. The van der Waals surface area contributed by atoms with Crippen molar-refractivity contribution >= 4 is 11.6 Å². The average molecular weight is 216 g/mol. The van der Waals surface area contributed by atoms with Crippen molar-refractivity contribution in [2.45, 2.75) is 26.3 Å². The van der Waals surface area contributed by atoms with Crippen LogP contribution in [0.4, 0.5) is 5.69 Å². The molecule has 1 fully saturated rings. The molecule has 1 amide bonds. The lowest BCUT2D eigenvalue weighted by molar-refractivity contribution is -0.116. The third kappa shape index (κ3) is 1.48. The summed E-state index contributed by atoms with van der Waals surface area (Å²) in [6.07, 6.45) is 0. The molecule has 1 heterocycles. The van der Waals surface area contributed by atoms with Gasteiger partial charge in [0.05, 0.1) is 11.2 Å². The molecule has 0 saturated carbocycles. The Hall–Kier alpha value is -1.77. The molecule has 84 valence electrons. The van der Waals surface area contributed by atoms with E-state index >= 15 is 0 Å². The molecule has 2 rings (SSSR count). The van der Waals surface area contributed by atoms with Gasteiger partial charge >= 0.3 is 0 Å². The van der Waals surface area contributed by atoms with Crippen molar-refractivity contribution in [3.8, 4) is 0 Å². The van der Waals surface area contributed by atoms with Gasteiger partial charge in [0.25, 0.3) is 5.91 Å². The molecule has 1 aliphatic rings. The second kappa shape index (κ2) is 3.37. The largest absolute Gasteiger partial charge is 0.275 e. The first kappa shape index (κ1) is 10.7. The van der Waals surface area contributed by atoms with E-state index in [2.05, 4.69) is 12.0 Å². The summed E-state index contributed by atoms with van der Waals surface area (Å²) in [6.45, 7) is 9.83. The monoisotopic (exact) mass is 216 g/mol. The molecule has 0 atom stereocenters. The number of nitrogens with zero attached hydrogens (tertiary/aromatic N) is 1. The van der Waals surface area contributed by atoms with E-state index in [-0.39, 0.29) is 11.4 Å². The maximum atomic E-state index is 11.6. The highest BCUT2D eigenvalue weighted by Gasteiger charge is 2.41. The minimum atomic E-state index is -0.384.